The van der Waals surface area contributed by atoms with Gasteiger partial charge in [-0.15, -0.1) is 11.3 Å². The van der Waals surface area contributed by atoms with Crippen molar-refractivity contribution < 1.29 is 9.53 Å². The molecule has 0 saturated heterocycles. The molecule has 0 aliphatic heterocycles. The summed E-state index contributed by atoms with van der Waals surface area (Å²) in [6, 6.07) is 7.36. The quantitative estimate of drug-likeness (QED) is 0.891. The third kappa shape index (κ3) is 4.31. The number of thiophene rings is 1. The van der Waals surface area contributed by atoms with Crippen molar-refractivity contribution >= 4 is 33.2 Å². The molecule has 1 N–H and O–H groups in total. The highest BCUT2D eigenvalue weighted by Crippen LogP contribution is 2.21. The fraction of sp³-hybridized carbons (Fsp3) is 0.286. The van der Waals surface area contributed by atoms with Crippen molar-refractivity contribution in [2.24, 2.45) is 0 Å². The van der Waals surface area contributed by atoms with Crippen LogP contribution < -0.4 is 10.1 Å². The number of amides is 1. The molecule has 2 rings (SSSR count). The number of rotatable bonds is 5. The zero-order chi connectivity index (χ0) is 14.5. The molecule has 0 fully saturated rings. The van der Waals surface area contributed by atoms with Crippen LogP contribution in [0, 0.1) is 0 Å². The van der Waals surface area contributed by atoms with Crippen molar-refractivity contribution in [1.29, 1.82) is 0 Å². The van der Waals surface area contributed by atoms with E-state index < -0.39 is 0 Å². The number of hydrogen-bond acceptors (Lipinski definition) is 4. The van der Waals surface area contributed by atoms with Crippen LogP contribution in [0.3, 0.4) is 0 Å². The molecule has 2 aromatic rings. The van der Waals surface area contributed by atoms with E-state index in [0.717, 1.165) is 8.66 Å². The minimum Gasteiger partial charge on any atom is -0.475 e. The van der Waals surface area contributed by atoms with Crippen LogP contribution in [0.25, 0.3) is 0 Å². The highest BCUT2D eigenvalue weighted by Gasteiger charge is 2.07. The highest BCUT2D eigenvalue weighted by atomic mass is 79.9. The second-order valence-corrected chi connectivity index (χ2v) is 6.99. The molecule has 0 aromatic carbocycles. The van der Waals surface area contributed by atoms with E-state index in [9.17, 15) is 4.79 Å². The molecule has 2 aromatic heterocycles. The predicted molar refractivity (Wildman–Crippen MR) is 83.2 cm³/mol. The summed E-state index contributed by atoms with van der Waals surface area (Å²) in [4.78, 5) is 17.2. The molecule has 0 aliphatic carbocycles. The van der Waals surface area contributed by atoms with Gasteiger partial charge in [0.1, 0.15) is 0 Å². The van der Waals surface area contributed by atoms with E-state index in [-0.39, 0.29) is 12.0 Å². The summed E-state index contributed by atoms with van der Waals surface area (Å²) in [5.74, 6) is 0.386. The number of carbonyl (C=O) groups excluding carboxylic acids is 1. The van der Waals surface area contributed by atoms with Gasteiger partial charge in [-0.25, -0.2) is 4.98 Å². The number of pyridine rings is 1. The Hall–Kier alpha value is -1.40. The lowest BCUT2D eigenvalue weighted by Gasteiger charge is -2.09. The highest BCUT2D eigenvalue weighted by molar-refractivity contribution is 9.11. The molecule has 0 atom stereocenters. The summed E-state index contributed by atoms with van der Waals surface area (Å²) < 4.78 is 6.49. The minimum absolute atomic E-state index is 0.0689. The Balaban J connectivity index is 1.92. The van der Waals surface area contributed by atoms with E-state index in [2.05, 4.69) is 26.2 Å². The summed E-state index contributed by atoms with van der Waals surface area (Å²) in [5, 5.41) is 2.86. The Morgan fingerprint density at radius 1 is 1.40 bits per heavy atom. The number of aromatic nitrogens is 1. The monoisotopic (exact) mass is 354 g/mol. The van der Waals surface area contributed by atoms with Crippen molar-refractivity contribution in [2.75, 3.05) is 0 Å². The summed E-state index contributed by atoms with van der Waals surface area (Å²) in [6.45, 7) is 4.38. The molecule has 0 radical (unpaired) electrons. The molecule has 0 unspecified atom stereocenters. The Kier molecular flexibility index (Phi) is 5.14. The lowest BCUT2D eigenvalue weighted by molar-refractivity contribution is 0.0951. The maximum absolute atomic E-state index is 12.0. The molecule has 2 heterocycles. The van der Waals surface area contributed by atoms with Gasteiger partial charge in [-0.3, -0.25) is 4.79 Å². The minimum atomic E-state index is -0.141. The number of nitrogens with one attached hydrogen (secondary N) is 1. The smallest absolute Gasteiger partial charge is 0.253 e. The maximum Gasteiger partial charge on any atom is 0.253 e. The number of carbonyl (C=O) groups is 1. The average Bonchev–Trinajstić information content (AvgIpc) is 2.82. The van der Waals surface area contributed by atoms with Crippen molar-refractivity contribution in [3.05, 3.63) is 44.7 Å². The lowest BCUT2D eigenvalue weighted by Crippen LogP contribution is -2.22. The molecule has 0 bridgehead atoms. The van der Waals surface area contributed by atoms with Crippen LogP contribution in [-0.2, 0) is 6.54 Å². The van der Waals surface area contributed by atoms with Crippen molar-refractivity contribution in [3.8, 4) is 5.88 Å². The van der Waals surface area contributed by atoms with Crippen molar-refractivity contribution in [1.82, 2.24) is 10.3 Å². The van der Waals surface area contributed by atoms with Crippen LogP contribution in [0.2, 0.25) is 0 Å². The first-order valence-electron chi connectivity index (χ1n) is 6.19. The first-order valence-corrected chi connectivity index (χ1v) is 7.80. The van der Waals surface area contributed by atoms with E-state index >= 15 is 0 Å². The van der Waals surface area contributed by atoms with Crippen LogP contribution in [0.5, 0.6) is 5.88 Å². The Bertz CT molecular complexity index is 581. The standard InChI is InChI=1S/C14H15BrN2O2S/c1-9(2)19-13-6-3-10(7-16-13)14(18)17-8-11-4-5-12(15)20-11/h3-7,9H,8H2,1-2H3,(H,17,18). The fourth-order valence-corrected chi connectivity index (χ4v) is 2.96. The first-order chi connectivity index (χ1) is 9.54. The van der Waals surface area contributed by atoms with Gasteiger partial charge in [0.25, 0.3) is 5.91 Å². The van der Waals surface area contributed by atoms with Gasteiger partial charge in [0.15, 0.2) is 0 Å². The second-order valence-electron chi connectivity index (χ2n) is 4.44. The predicted octanol–water partition coefficient (Wildman–Crippen LogP) is 3.62. The van der Waals surface area contributed by atoms with Crippen LogP contribution in [0.15, 0.2) is 34.2 Å². The van der Waals surface area contributed by atoms with E-state index in [1.807, 2.05) is 26.0 Å². The number of hydrogen-bond donors (Lipinski definition) is 1. The van der Waals surface area contributed by atoms with Gasteiger partial charge in [0.05, 0.1) is 22.0 Å². The van der Waals surface area contributed by atoms with Gasteiger partial charge >= 0.3 is 0 Å². The first kappa shape index (κ1) is 15.0. The van der Waals surface area contributed by atoms with Gasteiger partial charge in [0.2, 0.25) is 5.88 Å². The van der Waals surface area contributed by atoms with E-state index in [1.54, 1.807) is 23.5 Å². The molecule has 106 valence electrons. The van der Waals surface area contributed by atoms with E-state index in [4.69, 9.17) is 4.74 Å². The van der Waals surface area contributed by atoms with E-state index in [1.165, 1.54) is 6.20 Å². The van der Waals surface area contributed by atoms with Gasteiger partial charge in [0, 0.05) is 17.1 Å². The van der Waals surface area contributed by atoms with Gasteiger partial charge < -0.3 is 10.1 Å². The van der Waals surface area contributed by atoms with E-state index in [0.29, 0.717) is 18.0 Å². The van der Waals surface area contributed by atoms with Gasteiger partial charge in [-0.05, 0) is 48.0 Å². The Labute approximate surface area is 130 Å². The molecular formula is C14H15BrN2O2S. The Morgan fingerprint density at radius 2 is 2.20 bits per heavy atom. The third-order valence-corrected chi connectivity index (χ3v) is 4.03. The number of ether oxygens (including phenoxy) is 1. The average molecular weight is 355 g/mol. The molecule has 0 saturated carbocycles. The number of nitrogens with zero attached hydrogens (tertiary/aromatic N) is 1. The van der Waals surface area contributed by atoms with Crippen molar-refractivity contribution in [3.63, 3.8) is 0 Å². The maximum atomic E-state index is 12.0. The largest absolute Gasteiger partial charge is 0.475 e. The molecule has 0 aliphatic rings. The van der Waals surface area contributed by atoms with Crippen molar-refractivity contribution in [2.45, 2.75) is 26.5 Å². The molecule has 20 heavy (non-hydrogen) atoms. The van der Waals surface area contributed by atoms with Crippen LogP contribution in [-0.4, -0.2) is 17.0 Å². The molecule has 6 heteroatoms. The van der Waals surface area contributed by atoms with Gasteiger partial charge in [-0.1, -0.05) is 0 Å². The van der Waals surface area contributed by atoms with Crippen LogP contribution in [0.4, 0.5) is 0 Å². The topological polar surface area (TPSA) is 51.2 Å². The molecular weight excluding hydrogens is 340 g/mol. The van der Waals surface area contributed by atoms with Gasteiger partial charge in [-0.2, -0.15) is 0 Å². The van der Waals surface area contributed by atoms with Crippen LogP contribution >= 0.6 is 27.3 Å². The summed E-state index contributed by atoms with van der Waals surface area (Å²) in [5.41, 5.74) is 0.525. The number of halogens is 1. The zero-order valence-electron chi connectivity index (χ0n) is 11.2. The SMILES string of the molecule is CC(C)Oc1ccc(C(=O)NCc2ccc(Br)s2)cn1. The molecule has 1 amide bonds. The third-order valence-electron chi connectivity index (χ3n) is 2.41. The molecule has 0 spiro atoms. The summed E-state index contributed by atoms with van der Waals surface area (Å²) in [6.07, 6.45) is 1.59. The lowest BCUT2D eigenvalue weighted by atomic mass is 10.2. The molecule has 4 nitrogen and oxygen atoms in total. The summed E-state index contributed by atoms with van der Waals surface area (Å²) in [7, 11) is 0. The Morgan fingerprint density at radius 3 is 2.75 bits per heavy atom. The van der Waals surface area contributed by atoms with Crippen LogP contribution in [0.1, 0.15) is 29.1 Å². The zero-order valence-corrected chi connectivity index (χ0v) is 13.6. The second kappa shape index (κ2) is 6.85. The summed E-state index contributed by atoms with van der Waals surface area (Å²) >= 11 is 4.99. The normalized spacial score (nSPS) is 10.6. The fourth-order valence-electron chi connectivity index (χ4n) is 1.54.